The number of rotatable bonds is 6. The maximum atomic E-state index is 11.8. The predicted octanol–water partition coefficient (Wildman–Crippen LogP) is 2.83. The Hall–Kier alpha value is -1.71. The summed E-state index contributed by atoms with van der Waals surface area (Å²) in [5.41, 5.74) is 0.0157. The summed E-state index contributed by atoms with van der Waals surface area (Å²) < 4.78 is 16.4. The van der Waals surface area contributed by atoms with Gasteiger partial charge in [-0.1, -0.05) is 0 Å². The number of nitrogens with one attached hydrogen (secondary N) is 1. The Labute approximate surface area is 154 Å². The van der Waals surface area contributed by atoms with Gasteiger partial charge in [0.2, 0.25) is 0 Å². The van der Waals surface area contributed by atoms with Gasteiger partial charge in [0.15, 0.2) is 11.5 Å². The third kappa shape index (κ3) is 6.06. The highest BCUT2D eigenvalue weighted by Gasteiger charge is 2.25. The summed E-state index contributed by atoms with van der Waals surface area (Å²) in [5.74, 6) is -0.0987. The van der Waals surface area contributed by atoms with Crippen LogP contribution in [0.1, 0.15) is 26.3 Å². The molecule has 1 aromatic rings. The van der Waals surface area contributed by atoms with Crippen LogP contribution in [0.5, 0.6) is 11.5 Å². The number of methoxy groups -OCH3 is 2. The zero-order chi connectivity index (χ0) is 18.5. The van der Waals surface area contributed by atoms with Crippen LogP contribution in [0, 0.1) is 3.57 Å². The highest BCUT2D eigenvalue weighted by atomic mass is 127. The molecule has 7 nitrogen and oxygen atoms in total. The molecule has 0 heterocycles. The number of ether oxygens (including phenoxy) is 3. The summed E-state index contributed by atoms with van der Waals surface area (Å²) in [4.78, 5) is 23.3. The summed E-state index contributed by atoms with van der Waals surface area (Å²) in [7, 11) is 3.03. The molecule has 0 fully saturated rings. The molecule has 0 saturated heterocycles. The third-order valence-corrected chi connectivity index (χ3v) is 3.97. The van der Waals surface area contributed by atoms with E-state index in [2.05, 4.69) is 27.9 Å². The first-order valence-electron chi connectivity index (χ1n) is 7.20. The molecule has 134 valence electrons. The molecule has 0 aliphatic carbocycles. The molecule has 0 spiro atoms. The van der Waals surface area contributed by atoms with E-state index in [-0.39, 0.29) is 6.42 Å². The summed E-state index contributed by atoms with van der Waals surface area (Å²) >= 11 is 2.08. The average Bonchev–Trinajstić information content (AvgIpc) is 2.45. The molecule has 0 aliphatic rings. The lowest BCUT2D eigenvalue weighted by Gasteiger charge is -2.22. The smallest absolute Gasteiger partial charge is 0.408 e. The van der Waals surface area contributed by atoms with Crippen LogP contribution in [0.2, 0.25) is 0 Å². The van der Waals surface area contributed by atoms with Gasteiger partial charge in [-0.05, 0) is 61.1 Å². The Kier molecular flexibility index (Phi) is 7.12. The number of benzene rings is 1. The summed E-state index contributed by atoms with van der Waals surface area (Å²) in [6, 6.07) is 2.33. The summed E-state index contributed by atoms with van der Waals surface area (Å²) in [5, 5.41) is 11.7. The number of carbonyl (C=O) groups excluding carboxylic acids is 1. The first-order valence-corrected chi connectivity index (χ1v) is 8.28. The maximum Gasteiger partial charge on any atom is 0.408 e. The van der Waals surface area contributed by atoms with E-state index in [4.69, 9.17) is 14.2 Å². The van der Waals surface area contributed by atoms with Crippen LogP contribution in [0.25, 0.3) is 0 Å². The van der Waals surface area contributed by atoms with Crippen LogP contribution >= 0.6 is 22.6 Å². The molecule has 0 unspecified atom stereocenters. The van der Waals surface area contributed by atoms with E-state index in [0.717, 1.165) is 9.13 Å². The van der Waals surface area contributed by atoms with Gasteiger partial charge in [0.05, 0.1) is 14.2 Å². The second kappa shape index (κ2) is 8.41. The van der Waals surface area contributed by atoms with Crippen molar-refractivity contribution < 1.29 is 28.9 Å². The van der Waals surface area contributed by atoms with Crippen molar-refractivity contribution in [2.24, 2.45) is 0 Å². The molecule has 24 heavy (non-hydrogen) atoms. The lowest BCUT2D eigenvalue weighted by molar-refractivity contribution is -0.139. The van der Waals surface area contributed by atoms with E-state index in [0.29, 0.717) is 11.5 Å². The molecule has 0 bridgehead atoms. The van der Waals surface area contributed by atoms with Crippen molar-refractivity contribution in [2.45, 2.75) is 38.8 Å². The first kappa shape index (κ1) is 20.3. The number of carboxylic acids is 1. The molecule has 0 saturated carbocycles. The fourth-order valence-corrected chi connectivity index (χ4v) is 2.58. The molecule has 1 rings (SSSR count). The van der Waals surface area contributed by atoms with E-state index in [1.54, 1.807) is 32.9 Å². The second-order valence-corrected chi connectivity index (χ2v) is 7.20. The topological polar surface area (TPSA) is 94.1 Å². The van der Waals surface area contributed by atoms with Crippen molar-refractivity contribution in [3.8, 4) is 11.5 Å². The number of hydrogen-bond donors (Lipinski definition) is 2. The monoisotopic (exact) mass is 451 g/mol. The average molecular weight is 451 g/mol. The minimum atomic E-state index is -1.15. The predicted molar refractivity (Wildman–Crippen MR) is 96.8 cm³/mol. The number of halogens is 1. The zero-order valence-corrected chi connectivity index (χ0v) is 16.5. The molecule has 1 atom stereocenters. The van der Waals surface area contributed by atoms with Gasteiger partial charge in [-0.15, -0.1) is 0 Å². The molecule has 1 aromatic carbocycles. The molecule has 0 radical (unpaired) electrons. The van der Waals surface area contributed by atoms with Gasteiger partial charge in [0, 0.05) is 9.99 Å². The lowest BCUT2D eigenvalue weighted by Crippen LogP contribution is -2.44. The standard InChI is InChI=1S/C16H22INO6/c1-16(2,3)24-15(21)18-11(14(19)20)6-9-7-12(22-4)13(23-5)8-10(9)17/h7-8,11H,6H2,1-5H3,(H,18,21)(H,19,20)/t11-/m0/s1. The van der Waals surface area contributed by atoms with Crippen LogP contribution < -0.4 is 14.8 Å². The van der Waals surface area contributed by atoms with Gasteiger partial charge in [-0.3, -0.25) is 0 Å². The van der Waals surface area contributed by atoms with Crippen LogP contribution in [0.3, 0.4) is 0 Å². The number of hydrogen-bond acceptors (Lipinski definition) is 5. The number of carboxylic acid groups (broad SMARTS) is 1. The Morgan fingerprint density at radius 3 is 2.21 bits per heavy atom. The SMILES string of the molecule is COc1cc(I)c(C[C@H](NC(=O)OC(C)(C)C)C(=O)O)cc1OC. The molecule has 1 amide bonds. The lowest BCUT2D eigenvalue weighted by atomic mass is 10.1. The van der Waals surface area contributed by atoms with Gasteiger partial charge in [-0.2, -0.15) is 0 Å². The third-order valence-electron chi connectivity index (χ3n) is 2.97. The van der Waals surface area contributed by atoms with Crippen LogP contribution in [0.15, 0.2) is 12.1 Å². The quantitative estimate of drug-likeness (QED) is 0.647. The van der Waals surface area contributed by atoms with Gasteiger partial charge in [-0.25, -0.2) is 9.59 Å². The number of amides is 1. The van der Waals surface area contributed by atoms with E-state index in [9.17, 15) is 14.7 Å². The highest BCUT2D eigenvalue weighted by molar-refractivity contribution is 14.1. The van der Waals surface area contributed by atoms with E-state index in [1.807, 2.05) is 0 Å². The normalized spacial score (nSPS) is 12.2. The van der Waals surface area contributed by atoms with Crippen LogP contribution in [0.4, 0.5) is 4.79 Å². The van der Waals surface area contributed by atoms with Crippen molar-refractivity contribution in [3.05, 3.63) is 21.3 Å². The minimum Gasteiger partial charge on any atom is -0.493 e. The number of aliphatic carboxylic acids is 1. The van der Waals surface area contributed by atoms with Gasteiger partial charge < -0.3 is 24.6 Å². The maximum absolute atomic E-state index is 11.8. The fraction of sp³-hybridized carbons (Fsp3) is 0.500. The van der Waals surface area contributed by atoms with Crippen molar-refractivity contribution in [1.29, 1.82) is 0 Å². The number of carbonyl (C=O) groups is 2. The summed E-state index contributed by atoms with van der Waals surface area (Å²) in [6.45, 7) is 5.12. The highest BCUT2D eigenvalue weighted by Crippen LogP contribution is 2.31. The van der Waals surface area contributed by atoms with Crippen molar-refractivity contribution in [1.82, 2.24) is 5.32 Å². The summed E-state index contributed by atoms with van der Waals surface area (Å²) in [6.07, 6.45) is -0.682. The molecule has 2 N–H and O–H groups in total. The van der Waals surface area contributed by atoms with E-state index in [1.165, 1.54) is 14.2 Å². The Balaban J connectivity index is 2.97. The van der Waals surface area contributed by atoms with Crippen LogP contribution in [-0.2, 0) is 16.0 Å². The minimum absolute atomic E-state index is 0.0905. The molecule has 0 aliphatic heterocycles. The van der Waals surface area contributed by atoms with E-state index < -0.39 is 23.7 Å². The fourth-order valence-electron chi connectivity index (χ4n) is 1.92. The van der Waals surface area contributed by atoms with Crippen LogP contribution in [-0.4, -0.2) is 43.0 Å². The van der Waals surface area contributed by atoms with Crippen molar-refractivity contribution >= 4 is 34.7 Å². The van der Waals surface area contributed by atoms with Gasteiger partial charge in [0.25, 0.3) is 0 Å². The second-order valence-electron chi connectivity index (χ2n) is 6.04. The first-order chi connectivity index (χ1) is 11.1. The van der Waals surface area contributed by atoms with Crippen molar-refractivity contribution in [2.75, 3.05) is 14.2 Å². The molecular weight excluding hydrogens is 429 g/mol. The Morgan fingerprint density at radius 2 is 1.75 bits per heavy atom. The zero-order valence-electron chi connectivity index (χ0n) is 14.3. The molecule has 0 aromatic heterocycles. The molecule has 8 heteroatoms. The Morgan fingerprint density at radius 1 is 1.21 bits per heavy atom. The van der Waals surface area contributed by atoms with E-state index >= 15 is 0 Å². The molecular formula is C16H22INO6. The number of alkyl carbamates (subject to hydrolysis) is 1. The van der Waals surface area contributed by atoms with Gasteiger partial charge in [0.1, 0.15) is 11.6 Å². The van der Waals surface area contributed by atoms with Crippen molar-refractivity contribution in [3.63, 3.8) is 0 Å². The largest absolute Gasteiger partial charge is 0.493 e. The van der Waals surface area contributed by atoms with Gasteiger partial charge >= 0.3 is 12.1 Å². The Bertz CT molecular complexity index is 611.